The minimum atomic E-state index is 0.488. The van der Waals surface area contributed by atoms with Gasteiger partial charge in [-0.05, 0) is 56.2 Å². The summed E-state index contributed by atoms with van der Waals surface area (Å²) >= 11 is 0. The summed E-state index contributed by atoms with van der Waals surface area (Å²) < 4.78 is 2.43. The first-order valence-electron chi connectivity index (χ1n) is 6.23. The van der Waals surface area contributed by atoms with Crippen molar-refractivity contribution in [3.8, 4) is 0 Å². The molecule has 1 heterocycles. The maximum absolute atomic E-state index is 7.08. The highest BCUT2D eigenvalue weighted by Crippen LogP contribution is 2.43. The van der Waals surface area contributed by atoms with Gasteiger partial charge in [-0.25, -0.2) is 4.85 Å². The van der Waals surface area contributed by atoms with Crippen LogP contribution in [0.15, 0.2) is 24.3 Å². The standard InChI is InChI=1S/C15H16N2/c1-10(2)17-14-7-6-13(16-3)8-12(14)9-15(17)11-4-5-11/h6-11H,4-5H2,1-2H3. The summed E-state index contributed by atoms with van der Waals surface area (Å²) in [5.41, 5.74) is 3.46. The van der Waals surface area contributed by atoms with E-state index in [2.05, 4.69) is 35.4 Å². The van der Waals surface area contributed by atoms with Crippen molar-refractivity contribution in [1.82, 2.24) is 4.57 Å². The zero-order valence-electron chi connectivity index (χ0n) is 10.3. The van der Waals surface area contributed by atoms with Crippen LogP contribution in [0.5, 0.6) is 0 Å². The molecule has 0 bridgehead atoms. The summed E-state index contributed by atoms with van der Waals surface area (Å²) in [6.45, 7) is 11.5. The largest absolute Gasteiger partial charge is 0.342 e. The van der Waals surface area contributed by atoms with Crippen LogP contribution in [0.25, 0.3) is 15.7 Å². The van der Waals surface area contributed by atoms with Crippen molar-refractivity contribution in [1.29, 1.82) is 0 Å². The molecule has 3 rings (SSSR count). The monoisotopic (exact) mass is 224 g/mol. The molecular formula is C15H16N2. The van der Waals surface area contributed by atoms with E-state index in [0.29, 0.717) is 6.04 Å². The van der Waals surface area contributed by atoms with E-state index < -0.39 is 0 Å². The number of aromatic nitrogens is 1. The van der Waals surface area contributed by atoms with E-state index in [0.717, 1.165) is 11.6 Å². The smallest absolute Gasteiger partial charge is 0.187 e. The van der Waals surface area contributed by atoms with E-state index in [-0.39, 0.29) is 0 Å². The van der Waals surface area contributed by atoms with Gasteiger partial charge in [-0.2, -0.15) is 0 Å². The van der Waals surface area contributed by atoms with Gasteiger partial charge < -0.3 is 4.57 Å². The Morgan fingerprint density at radius 2 is 2.06 bits per heavy atom. The van der Waals surface area contributed by atoms with Crippen LogP contribution in [-0.2, 0) is 0 Å². The molecule has 2 aromatic rings. The molecule has 1 aromatic heterocycles. The molecule has 0 saturated heterocycles. The van der Waals surface area contributed by atoms with E-state index in [1.165, 1.54) is 29.4 Å². The lowest BCUT2D eigenvalue weighted by molar-refractivity contribution is 0.595. The number of hydrogen-bond acceptors (Lipinski definition) is 0. The average Bonchev–Trinajstić information content (AvgIpc) is 3.08. The molecule has 1 aliphatic carbocycles. The van der Waals surface area contributed by atoms with Crippen molar-refractivity contribution in [2.45, 2.75) is 38.6 Å². The predicted octanol–water partition coefficient (Wildman–Crippen LogP) is 4.65. The van der Waals surface area contributed by atoms with Gasteiger partial charge in [0.05, 0.1) is 6.57 Å². The van der Waals surface area contributed by atoms with E-state index in [4.69, 9.17) is 6.57 Å². The molecule has 0 spiro atoms. The van der Waals surface area contributed by atoms with Crippen LogP contribution in [0.1, 0.15) is 44.3 Å². The third-order valence-corrected chi connectivity index (χ3v) is 3.49. The molecule has 1 fully saturated rings. The van der Waals surface area contributed by atoms with Gasteiger partial charge in [0, 0.05) is 17.3 Å². The Hall–Kier alpha value is -1.75. The molecule has 0 aliphatic heterocycles. The van der Waals surface area contributed by atoms with Crippen molar-refractivity contribution in [3.63, 3.8) is 0 Å². The third kappa shape index (κ3) is 1.63. The Morgan fingerprint density at radius 1 is 1.29 bits per heavy atom. The van der Waals surface area contributed by atoms with Crippen LogP contribution < -0.4 is 0 Å². The Bertz CT molecular complexity index is 610. The molecule has 0 amide bonds. The topological polar surface area (TPSA) is 9.29 Å². The van der Waals surface area contributed by atoms with Crippen molar-refractivity contribution in [3.05, 3.63) is 41.4 Å². The molecule has 17 heavy (non-hydrogen) atoms. The molecule has 86 valence electrons. The SMILES string of the molecule is [C-]#[N+]c1ccc2c(c1)cc(C1CC1)n2C(C)C. The van der Waals surface area contributed by atoms with Crippen LogP contribution in [-0.4, -0.2) is 4.57 Å². The number of hydrogen-bond donors (Lipinski definition) is 0. The van der Waals surface area contributed by atoms with E-state index in [9.17, 15) is 0 Å². The molecule has 1 aromatic carbocycles. The van der Waals surface area contributed by atoms with Crippen molar-refractivity contribution >= 4 is 16.6 Å². The minimum Gasteiger partial charge on any atom is -0.342 e. The first-order chi connectivity index (χ1) is 8.20. The Morgan fingerprint density at radius 3 is 2.65 bits per heavy atom. The summed E-state index contributed by atoms with van der Waals surface area (Å²) in [5.74, 6) is 0.751. The fourth-order valence-electron chi connectivity index (χ4n) is 2.58. The molecule has 0 N–H and O–H groups in total. The molecule has 1 aliphatic rings. The van der Waals surface area contributed by atoms with Crippen molar-refractivity contribution < 1.29 is 0 Å². The number of fused-ring (bicyclic) bond motifs is 1. The van der Waals surface area contributed by atoms with Crippen molar-refractivity contribution in [2.75, 3.05) is 0 Å². The Labute approximate surface area is 102 Å². The maximum atomic E-state index is 7.08. The minimum absolute atomic E-state index is 0.488. The summed E-state index contributed by atoms with van der Waals surface area (Å²) in [6.07, 6.45) is 2.64. The highest BCUT2D eigenvalue weighted by Gasteiger charge is 2.28. The molecule has 0 atom stereocenters. The number of benzene rings is 1. The van der Waals surface area contributed by atoms with E-state index >= 15 is 0 Å². The first kappa shape index (κ1) is 10.4. The summed E-state index contributed by atoms with van der Waals surface area (Å²) in [4.78, 5) is 3.51. The lowest BCUT2D eigenvalue weighted by Gasteiger charge is -2.14. The fourth-order valence-corrected chi connectivity index (χ4v) is 2.58. The molecule has 2 heteroatoms. The number of rotatable bonds is 2. The molecule has 0 unspecified atom stereocenters. The van der Waals surface area contributed by atoms with Gasteiger partial charge in [0.15, 0.2) is 5.69 Å². The normalized spacial score (nSPS) is 15.4. The van der Waals surface area contributed by atoms with Crippen LogP contribution in [0.3, 0.4) is 0 Å². The highest BCUT2D eigenvalue weighted by atomic mass is 15.0. The van der Waals surface area contributed by atoms with Gasteiger partial charge in [-0.1, -0.05) is 6.07 Å². The molecule has 1 saturated carbocycles. The van der Waals surface area contributed by atoms with Gasteiger partial charge in [0.1, 0.15) is 0 Å². The van der Waals surface area contributed by atoms with Crippen LogP contribution in [0.2, 0.25) is 0 Å². The zero-order chi connectivity index (χ0) is 12.0. The zero-order valence-corrected chi connectivity index (χ0v) is 10.3. The van der Waals surface area contributed by atoms with Crippen LogP contribution >= 0.6 is 0 Å². The first-order valence-corrected chi connectivity index (χ1v) is 6.23. The maximum Gasteiger partial charge on any atom is 0.187 e. The lowest BCUT2D eigenvalue weighted by atomic mass is 10.2. The van der Waals surface area contributed by atoms with Gasteiger partial charge in [0.25, 0.3) is 0 Å². The highest BCUT2D eigenvalue weighted by molar-refractivity contribution is 5.85. The number of nitrogens with zero attached hydrogens (tertiary/aromatic N) is 2. The quantitative estimate of drug-likeness (QED) is 0.657. The summed E-state index contributed by atoms with van der Waals surface area (Å²) in [6, 6.07) is 8.79. The predicted molar refractivity (Wildman–Crippen MR) is 70.6 cm³/mol. The second-order valence-electron chi connectivity index (χ2n) is 5.16. The molecule has 2 nitrogen and oxygen atoms in total. The molecular weight excluding hydrogens is 208 g/mol. The van der Waals surface area contributed by atoms with E-state index in [1.54, 1.807) is 0 Å². The Balaban J connectivity index is 2.26. The Kier molecular flexibility index (Phi) is 2.22. The summed E-state index contributed by atoms with van der Waals surface area (Å²) in [7, 11) is 0. The van der Waals surface area contributed by atoms with Crippen LogP contribution in [0.4, 0.5) is 5.69 Å². The second kappa shape index (κ2) is 3.63. The fraction of sp³-hybridized carbons (Fsp3) is 0.400. The van der Waals surface area contributed by atoms with Gasteiger partial charge in [-0.15, -0.1) is 0 Å². The van der Waals surface area contributed by atoms with Gasteiger partial charge in [-0.3, -0.25) is 0 Å². The van der Waals surface area contributed by atoms with Crippen molar-refractivity contribution in [2.24, 2.45) is 0 Å². The summed E-state index contributed by atoms with van der Waals surface area (Å²) in [5, 5.41) is 1.22. The molecule has 0 radical (unpaired) electrons. The van der Waals surface area contributed by atoms with Crippen LogP contribution in [0, 0.1) is 6.57 Å². The third-order valence-electron chi connectivity index (χ3n) is 3.49. The van der Waals surface area contributed by atoms with E-state index in [1.807, 2.05) is 12.1 Å². The van der Waals surface area contributed by atoms with Gasteiger partial charge in [0.2, 0.25) is 0 Å². The van der Waals surface area contributed by atoms with Gasteiger partial charge >= 0.3 is 0 Å². The second-order valence-corrected chi connectivity index (χ2v) is 5.16. The lowest BCUT2D eigenvalue weighted by Crippen LogP contribution is -2.04. The average molecular weight is 224 g/mol.